The molecule has 21 heavy (non-hydrogen) atoms. The normalized spacial score (nSPS) is 20.3. The van der Waals surface area contributed by atoms with Crippen molar-refractivity contribution in [1.82, 2.24) is 15.1 Å². The maximum atomic E-state index is 10.6. The Kier molecular flexibility index (Phi) is 3.78. The van der Waals surface area contributed by atoms with E-state index in [0.29, 0.717) is 6.54 Å². The van der Waals surface area contributed by atoms with Gasteiger partial charge in [-0.3, -0.25) is 4.68 Å². The predicted octanol–water partition coefficient (Wildman–Crippen LogP) is 2.56. The van der Waals surface area contributed by atoms with Gasteiger partial charge in [0, 0.05) is 36.4 Å². The van der Waals surface area contributed by atoms with Gasteiger partial charge in [-0.2, -0.15) is 5.10 Å². The fourth-order valence-corrected chi connectivity index (χ4v) is 3.12. The third-order valence-electron chi connectivity index (χ3n) is 4.20. The fraction of sp³-hybridized carbons (Fsp3) is 0.438. The Morgan fingerprint density at radius 3 is 3.05 bits per heavy atom. The standard InChI is InChI=1S/C16H20ClN3O/c1-16(21,12-8-19-20(2)9-12)10-18-15-6-3-11-7-13(17)4-5-14(11)15/h4-5,7-9,15,18,21H,3,6,10H2,1-2H3/t15-,16-/m0/s1. The van der Waals surface area contributed by atoms with Crippen LogP contribution in [0, 0.1) is 0 Å². The molecule has 1 aromatic carbocycles. The van der Waals surface area contributed by atoms with Crippen molar-refractivity contribution in [2.45, 2.75) is 31.4 Å². The summed E-state index contributed by atoms with van der Waals surface area (Å²) < 4.78 is 1.71. The molecule has 2 N–H and O–H groups in total. The molecule has 0 bridgehead atoms. The van der Waals surface area contributed by atoms with Crippen molar-refractivity contribution in [2.24, 2.45) is 7.05 Å². The Morgan fingerprint density at radius 2 is 2.33 bits per heavy atom. The van der Waals surface area contributed by atoms with Gasteiger partial charge < -0.3 is 10.4 Å². The van der Waals surface area contributed by atoms with Crippen LogP contribution in [0.1, 0.15) is 36.1 Å². The zero-order chi connectivity index (χ0) is 15.0. The number of nitrogens with one attached hydrogen (secondary N) is 1. The average molecular weight is 306 g/mol. The average Bonchev–Trinajstić information content (AvgIpc) is 3.03. The van der Waals surface area contributed by atoms with E-state index in [0.717, 1.165) is 23.4 Å². The zero-order valence-electron chi connectivity index (χ0n) is 12.3. The smallest absolute Gasteiger partial charge is 0.102 e. The van der Waals surface area contributed by atoms with Crippen LogP contribution in [0.25, 0.3) is 0 Å². The summed E-state index contributed by atoms with van der Waals surface area (Å²) >= 11 is 6.03. The molecule has 0 spiro atoms. The molecule has 0 amide bonds. The van der Waals surface area contributed by atoms with Crippen LogP contribution in [0.15, 0.2) is 30.6 Å². The lowest BCUT2D eigenvalue weighted by Crippen LogP contribution is -2.36. The van der Waals surface area contributed by atoms with Crippen LogP contribution in [0.4, 0.5) is 0 Å². The summed E-state index contributed by atoms with van der Waals surface area (Å²) in [6.45, 7) is 2.31. The molecule has 1 aromatic heterocycles. The van der Waals surface area contributed by atoms with Crippen molar-refractivity contribution >= 4 is 11.6 Å². The number of rotatable bonds is 4. The Morgan fingerprint density at radius 1 is 1.52 bits per heavy atom. The van der Waals surface area contributed by atoms with Crippen LogP contribution in [-0.4, -0.2) is 21.4 Å². The molecule has 0 radical (unpaired) electrons. The minimum atomic E-state index is -0.927. The van der Waals surface area contributed by atoms with E-state index in [1.54, 1.807) is 10.9 Å². The Balaban J connectivity index is 1.69. The van der Waals surface area contributed by atoms with Gasteiger partial charge in [0.1, 0.15) is 5.60 Å². The van der Waals surface area contributed by atoms with Crippen molar-refractivity contribution in [2.75, 3.05) is 6.54 Å². The number of fused-ring (bicyclic) bond motifs is 1. The number of aromatic nitrogens is 2. The Bertz CT molecular complexity index is 651. The summed E-state index contributed by atoms with van der Waals surface area (Å²) in [7, 11) is 1.85. The van der Waals surface area contributed by atoms with Crippen LogP contribution >= 0.6 is 11.6 Å². The molecule has 0 unspecified atom stereocenters. The van der Waals surface area contributed by atoms with Crippen LogP contribution in [-0.2, 0) is 19.1 Å². The minimum absolute atomic E-state index is 0.278. The quantitative estimate of drug-likeness (QED) is 0.913. The van der Waals surface area contributed by atoms with E-state index in [1.165, 1.54) is 11.1 Å². The second kappa shape index (κ2) is 5.44. The van der Waals surface area contributed by atoms with Gasteiger partial charge in [-0.1, -0.05) is 17.7 Å². The molecular weight excluding hydrogens is 286 g/mol. The number of hydrogen-bond donors (Lipinski definition) is 2. The van der Waals surface area contributed by atoms with Crippen molar-refractivity contribution in [3.63, 3.8) is 0 Å². The van der Waals surface area contributed by atoms with Gasteiger partial charge in [-0.05, 0) is 43.0 Å². The van der Waals surface area contributed by atoms with Gasteiger partial charge in [0.05, 0.1) is 6.20 Å². The number of halogens is 1. The van der Waals surface area contributed by atoms with Gasteiger partial charge in [0.15, 0.2) is 0 Å². The van der Waals surface area contributed by atoms with Crippen molar-refractivity contribution in [3.8, 4) is 0 Å². The summed E-state index contributed by atoms with van der Waals surface area (Å²) in [4.78, 5) is 0. The SMILES string of the molecule is Cn1cc([C@@](C)(O)CN[C@H]2CCc3cc(Cl)ccc32)cn1. The third-order valence-corrected chi connectivity index (χ3v) is 4.44. The highest BCUT2D eigenvalue weighted by Crippen LogP contribution is 2.33. The number of aliphatic hydroxyl groups is 1. The Labute approximate surface area is 129 Å². The maximum Gasteiger partial charge on any atom is 0.102 e. The van der Waals surface area contributed by atoms with Gasteiger partial charge >= 0.3 is 0 Å². The summed E-state index contributed by atoms with van der Waals surface area (Å²) in [5.41, 5.74) is 2.50. The topological polar surface area (TPSA) is 50.1 Å². The molecule has 5 heteroatoms. The first-order valence-electron chi connectivity index (χ1n) is 7.19. The Hall–Kier alpha value is -1.36. The molecule has 0 saturated carbocycles. The number of benzene rings is 1. The van der Waals surface area contributed by atoms with Gasteiger partial charge in [-0.15, -0.1) is 0 Å². The van der Waals surface area contributed by atoms with E-state index < -0.39 is 5.60 Å². The largest absolute Gasteiger partial charge is 0.384 e. The van der Waals surface area contributed by atoms with E-state index in [9.17, 15) is 5.11 Å². The molecule has 2 atom stereocenters. The molecule has 1 aliphatic rings. The van der Waals surface area contributed by atoms with E-state index in [4.69, 9.17) is 11.6 Å². The van der Waals surface area contributed by atoms with Crippen molar-refractivity contribution < 1.29 is 5.11 Å². The second-order valence-corrected chi connectivity index (χ2v) is 6.43. The van der Waals surface area contributed by atoms with Gasteiger partial charge in [0.2, 0.25) is 0 Å². The highest BCUT2D eigenvalue weighted by molar-refractivity contribution is 6.30. The minimum Gasteiger partial charge on any atom is -0.384 e. The van der Waals surface area contributed by atoms with E-state index in [1.807, 2.05) is 32.3 Å². The van der Waals surface area contributed by atoms with Crippen LogP contribution in [0.2, 0.25) is 5.02 Å². The molecule has 0 fully saturated rings. The summed E-state index contributed by atoms with van der Waals surface area (Å²) in [6.07, 6.45) is 5.63. The van der Waals surface area contributed by atoms with E-state index >= 15 is 0 Å². The predicted molar refractivity (Wildman–Crippen MR) is 83.3 cm³/mol. The summed E-state index contributed by atoms with van der Waals surface area (Å²) in [5.74, 6) is 0. The first kappa shape index (κ1) is 14.6. The van der Waals surface area contributed by atoms with Crippen LogP contribution in [0.5, 0.6) is 0 Å². The molecule has 0 aliphatic heterocycles. The highest BCUT2D eigenvalue weighted by atomic mass is 35.5. The fourth-order valence-electron chi connectivity index (χ4n) is 2.92. The number of aryl methyl sites for hydroxylation is 2. The van der Waals surface area contributed by atoms with Gasteiger partial charge in [-0.25, -0.2) is 0 Å². The number of nitrogens with zero attached hydrogens (tertiary/aromatic N) is 2. The van der Waals surface area contributed by atoms with E-state index in [-0.39, 0.29) is 6.04 Å². The molecule has 3 rings (SSSR count). The zero-order valence-corrected chi connectivity index (χ0v) is 13.1. The molecular formula is C16H20ClN3O. The van der Waals surface area contributed by atoms with Crippen LogP contribution < -0.4 is 5.32 Å². The van der Waals surface area contributed by atoms with Gasteiger partial charge in [0.25, 0.3) is 0 Å². The summed E-state index contributed by atoms with van der Waals surface area (Å²) in [5, 5.41) is 19.0. The first-order valence-corrected chi connectivity index (χ1v) is 7.57. The first-order chi connectivity index (χ1) is 9.95. The molecule has 1 aliphatic carbocycles. The lowest BCUT2D eigenvalue weighted by molar-refractivity contribution is 0.0537. The molecule has 1 heterocycles. The van der Waals surface area contributed by atoms with Crippen molar-refractivity contribution in [1.29, 1.82) is 0 Å². The highest BCUT2D eigenvalue weighted by Gasteiger charge is 2.28. The summed E-state index contributed by atoms with van der Waals surface area (Å²) in [6, 6.07) is 6.33. The van der Waals surface area contributed by atoms with E-state index in [2.05, 4.69) is 16.5 Å². The monoisotopic (exact) mass is 305 g/mol. The lowest BCUT2D eigenvalue weighted by atomic mass is 9.98. The van der Waals surface area contributed by atoms with Crippen molar-refractivity contribution in [3.05, 3.63) is 52.3 Å². The lowest BCUT2D eigenvalue weighted by Gasteiger charge is -2.25. The molecule has 0 saturated heterocycles. The molecule has 2 aromatic rings. The third kappa shape index (κ3) is 2.98. The second-order valence-electron chi connectivity index (χ2n) is 5.99. The van der Waals surface area contributed by atoms with Crippen LogP contribution in [0.3, 0.4) is 0 Å². The molecule has 4 nitrogen and oxygen atoms in total. The maximum absolute atomic E-state index is 10.6. The number of hydrogen-bond acceptors (Lipinski definition) is 3. The molecule has 112 valence electrons.